The Labute approximate surface area is 145 Å². The molecule has 0 saturated carbocycles. The minimum absolute atomic E-state index is 0.109. The van der Waals surface area contributed by atoms with Gasteiger partial charge in [-0.25, -0.2) is 4.98 Å². The van der Waals surface area contributed by atoms with Crippen molar-refractivity contribution in [2.45, 2.75) is 44.0 Å². The van der Waals surface area contributed by atoms with Crippen LogP contribution < -0.4 is 0 Å². The van der Waals surface area contributed by atoms with Gasteiger partial charge in [0.15, 0.2) is 0 Å². The third kappa shape index (κ3) is 3.96. The summed E-state index contributed by atoms with van der Waals surface area (Å²) in [6, 6.07) is 7.62. The number of fused-ring (bicyclic) bond motifs is 1. The summed E-state index contributed by atoms with van der Waals surface area (Å²) >= 11 is 1.46. The van der Waals surface area contributed by atoms with E-state index in [1.54, 1.807) is 6.20 Å². The molecule has 1 N–H and O–H groups in total. The molecule has 1 aliphatic rings. The number of carbonyl (C=O) groups excluding carboxylic acids is 1. The Morgan fingerprint density at radius 2 is 2.29 bits per heavy atom. The van der Waals surface area contributed by atoms with E-state index in [-0.39, 0.29) is 5.91 Å². The van der Waals surface area contributed by atoms with Crippen LogP contribution in [0.4, 0.5) is 0 Å². The van der Waals surface area contributed by atoms with Gasteiger partial charge < -0.3 is 10.0 Å². The van der Waals surface area contributed by atoms with Crippen molar-refractivity contribution in [1.82, 2.24) is 19.7 Å². The second-order valence-electron chi connectivity index (χ2n) is 5.83. The average Bonchev–Trinajstić information content (AvgIpc) is 2.91. The molecule has 1 atom stereocenters. The summed E-state index contributed by atoms with van der Waals surface area (Å²) in [5.74, 6) is 0.494. The fourth-order valence-electron chi connectivity index (χ4n) is 2.73. The highest BCUT2D eigenvalue weighted by Crippen LogP contribution is 2.21. The zero-order valence-electron chi connectivity index (χ0n) is 13.8. The lowest BCUT2D eigenvalue weighted by Crippen LogP contribution is -2.32. The van der Waals surface area contributed by atoms with Crippen LogP contribution in [0.2, 0.25) is 0 Å². The van der Waals surface area contributed by atoms with Crippen LogP contribution in [0.3, 0.4) is 0 Å². The summed E-state index contributed by atoms with van der Waals surface area (Å²) in [5.41, 5.74) is 1.69. The number of carbonyl (C=O) groups is 1. The quantitative estimate of drug-likeness (QED) is 0.841. The number of aliphatic hydroxyl groups is 1. The number of rotatable bonds is 5. The van der Waals surface area contributed by atoms with Gasteiger partial charge in [-0.2, -0.15) is 5.10 Å². The first-order chi connectivity index (χ1) is 11.7. The van der Waals surface area contributed by atoms with E-state index >= 15 is 0 Å². The molecule has 2 aromatic heterocycles. The van der Waals surface area contributed by atoms with Gasteiger partial charge in [0.2, 0.25) is 5.91 Å². The molecule has 1 amide bonds. The van der Waals surface area contributed by atoms with Crippen LogP contribution >= 0.6 is 11.8 Å². The van der Waals surface area contributed by atoms with Crippen LogP contribution in [0.15, 0.2) is 35.5 Å². The Bertz CT molecular complexity index is 689. The van der Waals surface area contributed by atoms with Gasteiger partial charge in [-0.15, -0.1) is 0 Å². The third-order valence-electron chi connectivity index (χ3n) is 4.10. The number of nitrogens with zero attached hydrogens (tertiary/aromatic N) is 4. The highest BCUT2D eigenvalue weighted by atomic mass is 32.2. The molecule has 7 heteroatoms. The van der Waals surface area contributed by atoms with Gasteiger partial charge in [0, 0.05) is 19.3 Å². The van der Waals surface area contributed by atoms with E-state index in [2.05, 4.69) is 10.1 Å². The van der Waals surface area contributed by atoms with Crippen molar-refractivity contribution < 1.29 is 9.90 Å². The van der Waals surface area contributed by atoms with Crippen molar-refractivity contribution in [2.24, 2.45) is 0 Å². The third-order valence-corrected chi connectivity index (χ3v) is 5.02. The largest absolute Gasteiger partial charge is 0.387 e. The van der Waals surface area contributed by atoms with Crippen molar-refractivity contribution in [3.05, 3.63) is 41.9 Å². The maximum absolute atomic E-state index is 12.5. The zero-order chi connectivity index (χ0) is 16.9. The molecule has 6 nitrogen and oxygen atoms in total. The van der Waals surface area contributed by atoms with Crippen molar-refractivity contribution in [1.29, 1.82) is 0 Å². The zero-order valence-corrected chi connectivity index (χ0v) is 14.6. The van der Waals surface area contributed by atoms with Crippen LogP contribution in [0, 0.1) is 0 Å². The molecule has 128 valence electrons. The maximum atomic E-state index is 12.5. The number of hydrogen-bond acceptors (Lipinski definition) is 5. The van der Waals surface area contributed by atoms with Gasteiger partial charge in [-0.3, -0.25) is 9.48 Å². The molecule has 24 heavy (non-hydrogen) atoms. The van der Waals surface area contributed by atoms with E-state index in [1.165, 1.54) is 11.8 Å². The molecule has 0 saturated heterocycles. The Morgan fingerprint density at radius 3 is 3.04 bits per heavy atom. The van der Waals surface area contributed by atoms with Gasteiger partial charge >= 0.3 is 0 Å². The normalized spacial score (nSPS) is 15.7. The molecule has 1 aliphatic heterocycles. The molecule has 0 radical (unpaired) electrons. The van der Waals surface area contributed by atoms with Gasteiger partial charge in [-0.05, 0) is 31.0 Å². The van der Waals surface area contributed by atoms with Crippen LogP contribution in [-0.2, 0) is 17.9 Å². The summed E-state index contributed by atoms with van der Waals surface area (Å²) in [7, 11) is 0. The molecule has 2 aromatic rings. The van der Waals surface area contributed by atoms with E-state index in [4.69, 9.17) is 0 Å². The molecule has 3 rings (SSSR count). The molecule has 0 unspecified atom stereocenters. The standard InChI is InChI=1S/C17H22N4O2S/c1-2-15(22)14-10-13-11-20(8-5-9-21(13)19-14)17(23)12-24-16-6-3-4-7-18-16/h3-4,6-7,10,15,22H,2,5,8-9,11-12H2,1H3/t15-/m0/s1. The summed E-state index contributed by atoms with van der Waals surface area (Å²) in [6.07, 6.45) is 2.71. The molecule has 0 spiro atoms. The van der Waals surface area contributed by atoms with Crippen LogP contribution in [0.25, 0.3) is 0 Å². The molecule has 0 fully saturated rings. The maximum Gasteiger partial charge on any atom is 0.233 e. The fourth-order valence-corrected chi connectivity index (χ4v) is 3.49. The first-order valence-electron chi connectivity index (χ1n) is 8.23. The number of aromatic nitrogens is 3. The molecular weight excluding hydrogens is 324 g/mol. The van der Waals surface area contributed by atoms with Crippen molar-refractivity contribution >= 4 is 17.7 Å². The monoisotopic (exact) mass is 346 g/mol. The fraction of sp³-hybridized carbons (Fsp3) is 0.471. The van der Waals surface area contributed by atoms with E-state index in [1.807, 2.05) is 40.8 Å². The van der Waals surface area contributed by atoms with E-state index < -0.39 is 6.10 Å². The number of hydrogen-bond donors (Lipinski definition) is 1. The lowest BCUT2D eigenvalue weighted by Gasteiger charge is -2.19. The number of amides is 1. The SMILES string of the molecule is CC[C@H](O)c1cc2n(n1)CCCN(C(=O)CSc1ccccn1)C2. The topological polar surface area (TPSA) is 71.2 Å². The molecule has 0 aromatic carbocycles. The van der Waals surface area contributed by atoms with Crippen LogP contribution in [0.1, 0.15) is 37.3 Å². The molecule has 0 aliphatic carbocycles. The van der Waals surface area contributed by atoms with Crippen molar-refractivity contribution in [2.75, 3.05) is 12.3 Å². The number of pyridine rings is 1. The van der Waals surface area contributed by atoms with Crippen LogP contribution in [0.5, 0.6) is 0 Å². The minimum atomic E-state index is -0.534. The first-order valence-corrected chi connectivity index (χ1v) is 9.22. The molecule has 3 heterocycles. The van der Waals surface area contributed by atoms with E-state index in [0.29, 0.717) is 24.4 Å². The summed E-state index contributed by atoms with van der Waals surface area (Å²) in [6.45, 7) is 3.99. The minimum Gasteiger partial charge on any atom is -0.387 e. The Morgan fingerprint density at radius 1 is 1.42 bits per heavy atom. The predicted octanol–water partition coefficient (Wildman–Crippen LogP) is 2.25. The summed E-state index contributed by atoms with van der Waals surface area (Å²) in [4.78, 5) is 18.6. The Kier molecular flexibility index (Phi) is 5.52. The van der Waals surface area contributed by atoms with Crippen LogP contribution in [-0.4, -0.2) is 43.0 Å². The Hall–Kier alpha value is -1.86. The van der Waals surface area contributed by atoms with E-state index in [0.717, 1.165) is 30.2 Å². The predicted molar refractivity (Wildman–Crippen MR) is 92.5 cm³/mol. The molecule has 0 bridgehead atoms. The smallest absolute Gasteiger partial charge is 0.233 e. The summed E-state index contributed by atoms with van der Waals surface area (Å²) < 4.78 is 1.92. The van der Waals surface area contributed by atoms with Crippen molar-refractivity contribution in [3.8, 4) is 0 Å². The lowest BCUT2D eigenvalue weighted by molar-refractivity contribution is -0.128. The average molecular weight is 346 g/mol. The first kappa shape index (κ1) is 17.0. The van der Waals surface area contributed by atoms with Gasteiger partial charge in [-0.1, -0.05) is 24.8 Å². The highest BCUT2D eigenvalue weighted by molar-refractivity contribution is 7.99. The highest BCUT2D eigenvalue weighted by Gasteiger charge is 2.22. The summed E-state index contributed by atoms with van der Waals surface area (Å²) in [5, 5.41) is 15.3. The number of thioether (sulfide) groups is 1. The second-order valence-corrected chi connectivity index (χ2v) is 6.83. The van der Waals surface area contributed by atoms with Crippen molar-refractivity contribution in [3.63, 3.8) is 0 Å². The van der Waals surface area contributed by atoms with Gasteiger partial charge in [0.25, 0.3) is 0 Å². The van der Waals surface area contributed by atoms with E-state index in [9.17, 15) is 9.90 Å². The second kappa shape index (κ2) is 7.81. The Balaban J connectivity index is 1.64. The molecular formula is C17H22N4O2S. The number of aryl methyl sites for hydroxylation is 1. The lowest BCUT2D eigenvalue weighted by atomic mass is 10.2. The van der Waals surface area contributed by atoms with Gasteiger partial charge in [0.1, 0.15) is 0 Å². The number of aliphatic hydroxyl groups excluding tert-OH is 1. The van der Waals surface area contributed by atoms with Gasteiger partial charge in [0.05, 0.1) is 34.8 Å².